The lowest BCUT2D eigenvalue weighted by Gasteiger charge is -2.12. The van der Waals surface area contributed by atoms with Crippen molar-refractivity contribution in [1.29, 1.82) is 0 Å². The van der Waals surface area contributed by atoms with Gasteiger partial charge in [0.2, 0.25) is 0 Å². The van der Waals surface area contributed by atoms with E-state index in [4.69, 9.17) is 0 Å². The van der Waals surface area contributed by atoms with Crippen LogP contribution in [0, 0.1) is 0 Å². The van der Waals surface area contributed by atoms with Crippen molar-refractivity contribution in [3.8, 4) is 11.4 Å². The summed E-state index contributed by atoms with van der Waals surface area (Å²) in [6, 6.07) is 23.2. The zero-order chi connectivity index (χ0) is 19.6. The van der Waals surface area contributed by atoms with Crippen LogP contribution >= 0.6 is 0 Å². The summed E-state index contributed by atoms with van der Waals surface area (Å²) in [4.78, 5) is 4.63. The molecule has 5 heteroatoms. The first-order chi connectivity index (χ1) is 13.5. The maximum atomic E-state index is 13.2. The van der Waals surface area contributed by atoms with Crippen molar-refractivity contribution < 1.29 is 13.2 Å². The monoisotopic (exact) mass is 380 g/mol. The molecule has 142 valence electrons. The number of benzene rings is 3. The fourth-order valence-corrected chi connectivity index (χ4v) is 3.44. The molecule has 0 fully saturated rings. The van der Waals surface area contributed by atoms with E-state index in [1.165, 1.54) is 17.7 Å². The highest BCUT2D eigenvalue weighted by atomic mass is 19.4. The van der Waals surface area contributed by atoms with Crippen LogP contribution in [0.15, 0.2) is 78.9 Å². The minimum atomic E-state index is -4.37. The van der Waals surface area contributed by atoms with Gasteiger partial charge in [-0.25, -0.2) is 4.98 Å². The molecule has 2 nitrogen and oxygen atoms in total. The summed E-state index contributed by atoms with van der Waals surface area (Å²) < 4.78 is 41.5. The van der Waals surface area contributed by atoms with Gasteiger partial charge in [0.25, 0.3) is 0 Å². The third-order valence-corrected chi connectivity index (χ3v) is 4.79. The molecule has 0 atom stereocenters. The van der Waals surface area contributed by atoms with Crippen LogP contribution in [0.25, 0.3) is 22.4 Å². The van der Waals surface area contributed by atoms with Gasteiger partial charge in [0.1, 0.15) is 5.82 Å². The molecule has 0 unspecified atom stereocenters. The maximum Gasteiger partial charge on any atom is 0.416 e. The second-order valence-electron chi connectivity index (χ2n) is 6.74. The highest BCUT2D eigenvalue weighted by Crippen LogP contribution is 2.33. The van der Waals surface area contributed by atoms with Gasteiger partial charge in [-0.3, -0.25) is 0 Å². The number of fused-ring (bicyclic) bond motifs is 1. The van der Waals surface area contributed by atoms with E-state index in [1.807, 2.05) is 47.0 Å². The number of hydrogen-bond donors (Lipinski definition) is 0. The van der Waals surface area contributed by atoms with Crippen molar-refractivity contribution in [2.45, 2.75) is 25.6 Å². The lowest BCUT2D eigenvalue weighted by Crippen LogP contribution is -2.06. The van der Waals surface area contributed by atoms with E-state index in [-0.39, 0.29) is 0 Å². The Morgan fingerprint density at radius 1 is 0.821 bits per heavy atom. The average Bonchev–Trinajstić information content (AvgIpc) is 3.07. The Balaban J connectivity index is 1.69. The van der Waals surface area contributed by atoms with Crippen LogP contribution in [0.2, 0.25) is 0 Å². The quantitative estimate of drug-likeness (QED) is 0.394. The number of nitrogens with zero attached hydrogens (tertiary/aromatic N) is 2. The van der Waals surface area contributed by atoms with E-state index in [0.29, 0.717) is 17.9 Å². The molecule has 1 heterocycles. The summed E-state index contributed by atoms with van der Waals surface area (Å²) in [5, 5.41) is 0. The van der Waals surface area contributed by atoms with E-state index >= 15 is 0 Å². The first-order valence-corrected chi connectivity index (χ1v) is 9.19. The molecule has 28 heavy (non-hydrogen) atoms. The molecule has 0 amide bonds. The molecular weight excluding hydrogens is 361 g/mol. The Hall–Kier alpha value is -3.08. The molecule has 4 rings (SSSR count). The first-order valence-electron chi connectivity index (χ1n) is 9.19. The molecule has 0 aliphatic carbocycles. The highest BCUT2D eigenvalue weighted by Gasteiger charge is 2.30. The average molecular weight is 380 g/mol. The Morgan fingerprint density at radius 3 is 2.36 bits per heavy atom. The van der Waals surface area contributed by atoms with Gasteiger partial charge in [0, 0.05) is 12.1 Å². The molecule has 3 aromatic carbocycles. The molecule has 4 aromatic rings. The van der Waals surface area contributed by atoms with E-state index in [1.54, 1.807) is 6.07 Å². The Kier molecular flexibility index (Phi) is 4.90. The fraction of sp³-hybridized carbons (Fsp3) is 0.174. The normalized spacial score (nSPS) is 11.8. The van der Waals surface area contributed by atoms with Gasteiger partial charge in [-0.1, -0.05) is 54.6 Å². The Morgan fingerprint density at radius 2 is 1.57 bits per heavy atom. The molecule has 0 radical (unpaired) electrons. The Labute approximate surface area is 161 Å². The second kappa shape index (κ2) is 7.50. The van der Waals surface area contributed by atoms with E-state index in [0.717, 1.165) is 29.9 Å². The molecule has 0 spiro atoms. The molecule has 0 saturated carbocycles. The van der Waals surface area contributed by atoms with Gasteiger partial charge in [-0.15, -0.1) is 0 Å². The summed E-state index contributed by atoms with van der Waals surface area (Å²) in [5.74, 6) is 0.570. The fourth-order valence-electron chi connectivity index (χ4n) is 3.44. The summed E-state index contributed by atoms with van der Waals surface area (Å²) in [6.45, 7) is 0.682. The summed E-state index contributed by atoms with van der Waals surface area (Å²) in [5.41, 5.74) is 2.78. The number of hydrogen-bond acceptors (Lipinski definition) is 1. The minimum Gasteiger partial charge on any atom is -0.324 e. The van der Waals surface area contributed by atoms with E-state index in [2.05, 4.69) is 17.1 Å². The van der Waals surface area contributed by atoms with Gasteiger partial charge in [-0.2, -0.15) is 13.2 Å². The predicted molar refractivity (Wildman–Crippen MR) is 105 cm³/mol. The summed E-state index contributed by atoms with van der Waals surface area (Å²) in [6.07, 6.45) is -2.61. The van der Waals surface area contributed by atoms with Crippen LogP contribution in [-0.4, -0.2) is 9.55 Å². The maximum absolute atomic E-state index is 13.2. The van der Waals surface area contributed by atoms with Gasteiger partial charge >= 0.3 is 6.18 Å². The number of para-hydroxylation sites is 2. The second-order valence-corrected chi connectivity index (χ2v) is 6.74. The molecule has 0 aliphatic heterocycles. The van der Waals surface area contributed by atoms with Gasteiger partial charge < -0.3 is 4.57 Å². The van der Waals surface area contributed by atoms with Crippen LogP contribution in [0.5, 0.6) is 0 Å². The molecule has 0 aliphatic rings. The van der Waals surface area contributed by atoms with Crippen LogP contribution in [0.3, 0.4) is 0 Å². The summed E-state index contributed by atoms with van der Waals surface area (Å²) in [7, 11) is 0. The van der Waals surface area contributed by atoms with E-state index < -0.39 is 11.7 Å². The number of halogens is 3. The van der Waals surface area contributed by atoms with Crippen molar-refractivity contribution in [1.82, 2.24) is 9.55 Å². The van der Waals surface area contributed by atoms with Gasteiger partial charge in [0.05, 0.1) is 16.6 Å². The van der Waals surface area contributed by atoms with Crippen LogP contribution in [0.1, 0.15) is 17.5 Å². The van der Waals surface area contributed by atoms with Crippen molar-refractivity contribution in [3.63, 3.8) is 0 Å². The smallest absolute Gasteiger partial charge is 0.324 e. The standard InChI is InChI=1S/C23H19F3N2/c24-23(25,26)19-12-6-11-18(16-19)22-27-20-13-4-5-14-21(20)28(22)15-7-10-17-8-2-1-3-9-17/h1-6,8-9,11-14,16H,7,10,15H2. The van der Waals surface area contributed by atoms with Crippen molar-refractivity contribution in [3.05, 3.63) is 90.0 Å². The predicted octanol–water partition coefficient (Wildman–Crippen LogP) is 6.35. The summed E-state index contributed by atoms with van der Waals surface area (Å²) >= 11 is 0. The first kappa shape index (κ1) is 18.3. The largest absolute Gasteiger partial charge is 0.416 e. The van der Waals surface area contributed by atoms with Crippen LogP contribution < -0.4 is 0 Å². The third-order valence-electron chi connectivity index (χ3n) is 4.79. The highest BCUT2D eigenvalue weighted by molar-refractivity contribution is 5.80. The molecule has 0 bridgehead atoms. The zero-order valence-corrected chi connectivity index (χ0v) is 15.2. The number of rotatable bonds is 5. The minimum absolute atomic E-state index is 0.478. The number of imidazole rings is 1. The van der Waals surface area contributed by atoms with Crippen molar-refractivity contribution in [2.75, 3.05) is 0 Å². The lowest BCUT2D eigenvalue weighted by atomic mass is 10.1. The third kappa shape index (κ3) is 3.79. The Bertz CT molecular complexity index is 1080. The van der Waals surface area contributed by atoms with Gasteiger partial charge in [-0.05, 0) is 42.7 Å². The lowest BCUT2D eigenvalue weighted by molar-refractivity contribution is -0.137. The number of aromatic nitrogens is 2. The van der Waals surface area contributed by atoms with Gasteiger partial charge in [0.15, 0.2) is 0 Å². The number of aryl methyl sites for hydroxylation is 2. The van der Waals surface area contributed by atoms with Crippen LogP contribution in [-0.2, 0) is 19.1 Å². The van der Waals surface area contributed by atoms with E-state index in [9.17, 15) is 13.2 Å². The SMILES string of the molecule is FC(F)(F)c1cccc(-c2nc3ccccc3n2CCCc2ccccc2)c1. The van der Waals surface area contributed by atoms with Crippen molar-refractivity contribution in [2.24, 2.45) is 0 Å². The topological polar surface area (TPSA) is 17.8 Å². The number of alkyl halides is 3. The molecule has 0 saturated heterocycles. The molecular formula is C23H19F3N2. The van der Waals surface area contributed by atoms with Crippen molar-refractivity contribution >= 4 is 11.0 Å². The molecule has 1 aromatic heterocycles. The molecule has 0 N–H and O–H groups in total. The zero-order valence-electron chi connectivity index (χ0n) is 15.2. The van der Waals surface area contributed by atoms with Crippen LogP contribution in [0.4, 0.5) is 13.2 Å².